The van der Waals surface area contributed by atoms with Crippen molar-refractivity contribution in [2.45, 2.75) is 23.8 Å². The standard InChI is InChI=1S/C18H17FN2O2S/c1-24-14-7-5-13(6-8-14)20-17(22)18(23)21-16-9-3-11-2-4-12(19)10-15(11)16/h2,4-8,10,16H,3,9H2,1H3,(H,20,22)(H,21,23)/t16-/m0/s1. The molecule has 0 saturated heterocycles. The summed E-state index contributed by atoms with van der Waals surface area (Å²) in [5, 5.41) is 5.25. The van der Waals surface area contributed by atoms with Crippen LogP contribution in [-0.4, -0.2) is 18.1 Å². The molecule has 0 saturated carbocycles. The van der Waals surface area contributed by atoms with Crippen LogP contribution in [0.2, 0.25) is 0 Å². The van der Waals surface area contributed by atoms with Gasteiger partial charge in [0, 0.05) is 10.6 Å². The third-order valence-electron chi connectivity index (χ3n) is 4.05. The van der Waals surface area contributed by atoms with Crippen LogP contribution in [0.1, 0.15) is 23.6 Å². The molecule has 0 fully saturated rings. The Morgan fingerprint density at radius 3 is 2.58 bits per heavy atom. The molecule has 2 aromatic carbocycles. The van der Waals surface area contributed by atoms with E-state index in [1.54, 1.807) is 30.0 Å². The summed E-state index contributed by atoms with van der Waals surface area (Å²) in [5.41, 5.74) is 2.32. The molecule has 24 heavy (non-hydrogen) atoms. The first-order valence-corrected chi connectivity index (χ1v) is 8.83. The molecule has 2 N–H and O–H groups in total. The topological polar surface area (TPSA) is 58.2 Å². The second kappa shape index (κ2) is 7.05. The highest BCUT2D eigenvalue weighted by Crippen LogP contribution is 2.31. The number of rotatable bonds is 3. The van der Waals surface area contributed by atoms with Gasteiger partial charge in [0.25, 0.3) is 0 Å². The van der Waals surface area contributed by atoms with Gasteiger partial charge in [-0.2, -0.15) is 0 Å². The molecule has 1 atom stereocenters. The number of hydrogen-bond donors (Lipinski definition) is 2. The van der Waals surface area contributed by atoms with E-state index in [4.69, 9.17) is 0 Å². The number of fused-ring (bicyclic) bond motifs is 1. The molecule has 0 aliphatic heterocycles. The fraction of sp³-hybridized carbons (Fsp3) is 0.222. The maximum Gasteiger partial charge on any atom is 0.313 e. The smallest absolute Gasteiger partial charge is 0.313 e. The van der Waals surface area contributed by atoms with Crippen LogP contribution in [0.15, 0.2) is 47.4 Å². The number of halogens is 1. The summed E-state index contributed by atoms with van der Waals surface area (Å²) in [5.74, 6) is -1.78. The van der Waals surface area contributed by atoms with Crippen molar-refractivity contribution in [1.29, 1.82) is 0 Å². The molecule has 1 aliphatic carbocycles. The fourth-order valence-electron chi connectivity index (χ4n) is 2.81. The van der Waals surface area contributed by atoms with Crippen molar-refractivity contribution in [3.63, 3.8) is 0 Å². The van der Waals surface area contributed by atoms with Gasteiger partial charge in [-0.05, 0) is 66.6 Å². The molecule has 3 rings (SSSR count). The van der Waals surface area contributed by atoms with Gasteiger partial charge in [0.1, 0.15) is 5.82 Å². The number of benzene rings is 2. The van der Waals surface area contributed by atoms with Gasteiger partial charge in [-0.3, -0.25) is 9.59 Å². The number of aryl methyl sites for hydroxylation is 1. The molecule has 2 aromatic rings. The minimum absolute atomic E-state index is 0.326. The molecule has 0 unspecified atom stereocenters. The van der Waals surface area contributed by atoms with Crippen LogP contribution >= 0.6 is 11.8 Å². The molecule has 0 radical (unpaired) electrons. The summed E-state index contributed by atoms with van der Waals surface area (Å²) in [6, 6.07) is 11.5. The van der Waals surface area contributed by atoms with Crippen molar-refractivity contribution in [1.82, 2.24) is 5.32 Å². The summed E-state index contributed by atoms with van der Waals surface area (Å²) in [6.07, 6.45) is 3.39. The first-order valence-electron chi connectivity index (χ1n) is 7.61. The number of nitrogens with one attached hydrogen (secondary N) is 2. The van der Waals surface area contributed by atoms with Gasteiger partial charge in [0.2, 0.25) is 0 Å². The monoisotopic (exact) mass is 344 g/mol. The Labute approximate surface area is 143 Å². The normalized spacial score (nSPS) is 15.7. The third kappa shape index (κ3) is 3.59. The predicted octanol–water partition coefficient (Wildman–Crippen LogP) is 3.29. The fourth-order valence-corrected chi connectivity index (χ4v) is 3.22. The summed E-state index contributed by atoms with van der Waals surface area (Å²) in [4.78, 5) is 25.2. The van der Waals surface area contributed by atoms with E-state index in [0.29, 0.717) is 12.1 Å². The molecule has 0 bridgehead atoms. The number of thioether (sulfide) groups is 1. The van der Waals surface area contributed by atoms with Crippen LogP contribution < -0.4 is 10.6 Å². The molecule has 0 spiro atoms. The average Bonchev–Trinajstić information content (AvgIpc) is 2.97. The van der Waals surface area contributed by atoms with E-state index < -0.39 is 11.8 Å². The zero-order valence-electron chi connectivity index (χ0n) is 13.1. The summed E-state index contributed by atoms with van der Waals surface area (Å²) >= 11 is 1.60. The van der Waals surface area contributed by atoms with Gasteiger partial charge in [-0.15, -0.1) is 11.8 Å². The lowest BCUT2D eigenvalue weighted by atomic mass is 10.1. The lowest BCUT2D eigenvalue weighted by Crippen LogP contribution is -2.37. The number of hydrogen-bond acceptors (Lipinski definition) is 3. The summed E-state index contributed by atoms with van der Waals surface area (Å²) in [6.45, 7) is 0. The lowest BCUT2D eigenvalue weighted by molar-refractivity contribution is -0.136. The highest BCUT2D eigenvalue weighted by atomic mass is 32.2. The molecular formula is C18H17FN2O2S. The zero-order chi connectivity index (χ0) is 17.1. The highest BCUT2D eigenvalue weighted by molar-refractivity contribution is 7.98. The Hall–Kier alpha value is -2.34. The Morgan fingerprint density at radius 2 is 1.88 bits per heavy atom. The van der Waals surface area contributed by atoms with Gasteiger partial charge in [-0.25, -0.2) is 4.39 Å². The number of amides is 2. The van der Waals surface area contributed by atoms with Gasteiger partial charge < -0.3 is 10.6 Å². The van der Waals surface area contributed by atoms with Crippen molar-refractivity contribution in [2.75, 3.05) is 11.6 Å². The molecule has 2 amide bonds. The number of carbonyl (C=O) groups excluding carboxylic acids is 2. The van der Waals surface area contributed by atoms with E-state index >= 15 is 0 Å². The van der Waals surface area contributed by atoms with Crippen molar-refractivity contribution in [2.24, 2.45) is 0 Å². The van der Waals surface area contributed by atoms with E-state index in [0.717, 1.165) is 22.4 Å². The molecule has 124 valence electrons. The van der Waals surface area contributed by atoms with Crippen LogP contribution in [-0.2, 0) is 16.0 Å². The first kappa shape index (κ1) is 16.5. The van der Waals surface area contributed by atoms with Crippen molar-refractivity contribution >= 4 is 29.3 Å². The predicted molar refractivity (Wildman–Crippen MR) is 92.5 cm³/mol. The molecule has 6 heteroatoms. The van der Waals surface area contributed by atoms with Crippen LogP contribution in [0, 0.1) is 5.82 Å². The van der Waals surface area contributed by atoms with Crippen LogP contribution in [0.25, 0.3) is 0 Å². The molecule has 0 heterocycles. The average molecular weight is 344 g/mol. The van der Waals surface area contributed by atoms with E-state index in [-0.39, 0.29) is 11.9 Å². The maximum atomic E-state index is 13.4. The largest absolute Gasteiger partial charge is 0.341 e. The minimum Gasteiger partial charge on any atom is -0.341 e. The molecule has 0 aromatic heterocycles. The van der Waals surface area contributed by atoms with Crippen molar-refractivity contribution < 1.29 is 14.0 Å². The van der Waals surface area contributed by atoms with E-state index in [9.17, 15) is 14.0 Å². The minimum atomic E-state index is -0.725. The van der Waals surface area contributed by atoms with Crippen LogP contribution in [0.5, 0.6) is 0 Å². The lowest BCUT2D eigenvalue weighted by Gasteiger charge is -2.14. The number of anilines is 1. The van der Waals surface area contributed by atoms with Gasteiger partial charge in [0.15, 0.2) is 0 Å². The molecular weight excluding hydrogens is 327 g/mol. The Kier molecular flexibility index (Phi) is 4.85. The van der Waals surface area contributed by atoms with E-state index in [1.165, 1.54) is 12.1 Å². The quantitative estimate of drug-likeness (QED) is 0.663. The molecule has 1 aliphatic rings. The Morgan fingerprint density at radius 1 is 1.12 bits per heavy atom. The number of carbonyl (C=O) groups is 2. The zero-order valence-corrected chi connectivity index (χ0v) is 14.0. The van der Waals surface area contributed by atoms with Crippen molar-refractivity contribution in [3.05, 3.63) is 59.4 Å². The summed E-state index contributed by atoms with van der Waals surface area (Å²) in [7, 11) is 0. The van der Waals surface area contributed by atoms with Gasteiger partial charge in [-0.1, -0.05) is 6.07 Å². The Balaban J connectivity index is 1.63. The Bertz CT molecular complexity index is 777. The second-order valence-corrected chi connectivity index (χ2v) is 6.47. The van der Waals surface area contributed by atoms with Crippen LogP contribution in [0.3, 0.4) is 0 Å². The SMILES string of the molecule is CSc1ccc(NC(=O)C(=O)N[C@H]2CCc3ccc(F)cc32)cc1. The van der Waals surface area contributed by atoms with Crippen molar-refractivity contribution in [3.8, 4) is 0 Å². The van der Waals surface area contributed by atoms with Gasteiger partial charge in [0.05, 0.1) is 6.04 Å². The van der Waals surface area contributed by atoms with E-state index in [2.05, 4.69) is 10.6 Å². The molecule has 4 nitrogen and oxygen atoms in total. The maximum absolute atomic E-state index is 13.4. The van der Waals surface area contributed by atoms with E-state index in [1.807, 2.05) is 18.4 Å². The third-order valence-corrected chi connectivity index (χ3v) is 4.79. The van der Waals surface area contributed by atoms with Crippen LogP contribution in [0.4, 0.5) is 10.1 Å². The first-order chi connectivity index (χ1) is 11.6. The highest BCUT2D eigenvalue weighted by Gasteiger charge is 2.26. The second-order valence-electron chi connectivity index (χ2n) is 5.59. The van der Waals surface area contributed by atoms with Gasteiger partial charge >= 0.3 is 11.8 Å². The summed E-state index contributed by atoms with van der Waals surface area (Å²) < 4.78 is 13.4.